The number of nitrogen functional groups attached to an aromatic ring is 1. The second-order valence-electron chi connectivity index (χ2n) is 4.29. The number of aromatic nitrogens is 2. The summed E-state index contributed by atoms with van der Waals surface area (Å²) in [6, 6.07) is 9.36. The fraction of sp³-hybridized carbons (Fsp3) is 0.0714. The third-order valence-corrected chi connectivity index (χ3v) is 3.57. The van der Waals surface area contributed by atoms with Gasteiger partial charge >= 0.3 is 0 Å². The number of nitrogens with zero attached hydrogens (tertiary/aromatic N) is 2. The lowest BCUT2D eigenvalue weighted by atomic mass is 10.1. The fourth-order valence-corrected chi connectivity index (χ4v) is 2.43. The van der Waals surface area contributed by atoms with Gasteiger partial charge in [-0.25, -0.2) is 4.98 Å². The van der Waals surface area contributed by atoms with Crippen molar-refractivity contribution < 1.29 is 9.32 Å². The molecule has 106 valence electrons. The van der Waals surface area contributed by atoms with Gasteiger partial charge in [-0.05, 0) is 0 Å². The van der Waals surface area contributed by atoms with Crippen molar-refractivity contribution in [3.05, 3.63) is 53.2 Å². The van der Waals surface area contributed by atoms with Gasteiger partial charge in [-0.2, -0.15) is 0 Å². The molecule has 0 aliphatic carbocycles. The highest BCUT2D eigenvalue weighted by Gasteiger charge is 2.17. The van der Waals surface area contributed by atoms with Crippen molar-refractivity contribution in [3.8, 4) is 11.3 Å². The summed E-state index contributed by atoms with van der Waals surface area (Å²) in [7, 11) is 0. The van der Waals surface area contributed by atoms with Gasteiger partial charge in [-0.15, -0.1) is 11.3 Å². The number of thiazole rings is 1. The molecule has 1 aromatic carbocycles. The first-order valence-corrected chi connectivity index (χ1v) is 7.10. The summed E-state index contributed by atoms with van der Waals surface area (Å²) in [5.74, 6) is 0.188. The summed E-state index contributed by atoms with van der Waals surface area (Å²) in [6.07, 6.45) is 1.41. The van der Waals surface area contributed by atoms with Crippen LogP contribution in [-0.2, 0) is 6.54 Å². The number of carbonyl (C=O) groups is 1. The lowest BCUT2D eigenvalue weighted by molar-refractivity contribution is 0.0950. The number of anilines is 1. The van der Waals surface area contributed by atoms with E-state index in [9.17, 15) is 4.79 Å². The van der Waals surface area contributed by atoms with Gasteiger partial charge in [-0.3, -0.25) is 4.79 Å². The van der Waals surface area contributed by atoms with Crippen molar-refractivity contribution in [1.29, 1.82) is 0 Å². The number of amides is 1. The first-order chi connectivity index (χ1) is 10.2. The molecule has 0 radical (unpaired) electrons. The van der Waals surface area contributed by atoms with Crippen LogP contribution in [0.4, 0.5) is 5.13 Å². The van der Waals surface area contributed by atoms with Crippen LogP contribution in [0.2, 0.25) is 0 Å². The Bertz CT molecular complexity index is 751. The van der Waals surface area contributed by atoms with Crippen molar-refractivity contribution in [2.75, 3.05) is 5.73 Å². The number of carbonyl (C=O) groups excluding carboxylic acids is 1. The van der Waals surface area contributed by atoms with E-state index in [0.29, 0.717) is 23.0 Å². The molecule has 0 fully saturated rings. The van der Waals surface area contributed by atoms with Gasteiger partial charge in [-0.1, -0.05) is 35.5 Å². The fourth-order valence-electron chi connectivity index (χ4n) is 1.87. The maximum atomic E-state index is 12.2. The van der Waals surface area contributed by atoms with Gasteiger partial charge in [0, 0.05) is 10.9 Å². The molecule has 3 rings (SSSR count). The standard InChI is InChI=1S/C14H12N4O2S/c15-14-18-10(8-21-14)6-16-13(19)11-7-17-20-12(11)9-4-2-1-3-5-9/h1-5,7-8H,6H2,(H2,15,18)(H,16,19). The number of benzene rings is 1. The Morgan fingerprint density at radius 3 is 2.86 bits per heavy atom. The van der Waals surface area contributed by atoms with Crippen LogP contribution in [0.3, 0.4) is 0 Å². The second kappa shape index (κ2) is 5.76. The molecule has 0 aliphatic heterocycles. The molecule has 2 heterocycles. The minimum absolute atomic E-state index is 0.262. The van der Waals surface area contributed by atoms with Crippen molar-refractivity contribution in [2.45, 2.75) is 6.54 Å². The number of rotatable bonds is 4. The van der Waals surface area contributed by atoms with Gasteiger partial charge in [0.1, 0.15) is 5.56 Å². The van der Waals surface area contributed by atoms with E-state index in [1.165, 1.54) is 17.5 Å². The molecule has 3 N–H and O–H groups in total. The molecular formula is C14H12N4O2S. The zero-order valence-electron chi connectivity index (χ0n) is 10.9. The summed E-state index contributed by atoms with van der Waals surface area (Å²) in [5, 5.41) is 8.77. The van der Waals surface area contributed by atoms with Crippen LogP contribution in [-0.4, -0.2) is 16.0 Å². The lowest BCUT2D eigenvalue weighted by Gasteiger charge is -2.03. The number of nitrogens with two attached hydrogens (primary N) is 1. The van der Waals surface area contributed by atoms with Crippen molar-refractivity contribution in [3.63, 3.8) is 0 Å². The highest BCUT2D eigenvalue weighted by atomic mass is 32.1. The van der Waals surface area contributed by atoms with Gasteiger partial charge in [0.2, 0.25) is 0 Å². The average molecular weight is 300 g/mol. The first kappa shape index (κ1) is 13.3. The smallest absolute Gasteiger partial charge is 0.257 e. The summed E-state index contributed by atoms with van der Waals surface area (Å²) < 4.78 is 5.18. The quantitative estimate of drug-likeness (QED) is 0.771. The van der Waals surface area contributed by atoms with Gasteiger partial charge < -0.3 is 15.6 Å². The number of hydrogen-bond donors (Lipinski definition) is 2. The third kappa shape index (κ3) is 2.92. The normalized spacial score (nSPS) is 10.5. The largest absolute Gasteiger partial charge is 0.375 e. The van der Waals surface area contributed by atoms with Crippen LogP contribution in [0.5, 0.6) is 0 Å². The molecule has 0 aliphatic rings. The number of nitrogens with one attached hydrogen (secondary N) is 1. The summed E-state index contributed by atoms with van der Waals surface area (Å²) in [5.41, 5.74) is 7.47. The molecule has 6 nitrogen and oxygen atoms in total. The van der Waals surface area contributed by atoms with Crippen molar-refractivity contribution >= 4 is 22.4 Å². The molecule has 1 amide bonds. The molecule has 0 atom stereocenters. The van der Waals surface area contributed by atoms with Crippen LogP contribution in [0.25, 0.3) is 11.3 Å². The van der Waals surface area contributed by atoms with Gasteiger partial charge in [0.15, 0.2) is 10.9 Å². The Kier molecular flexibility index (Phi) is 3.65. The number of hydrogen-bond acceptors (Lipinski definition) is 6. The summed E-state index contributed by atoms with van der Waals surface area (Å²) in [4.78, 5) is 16.3. The molecular weight excluding hydrogens is 288 g/mol. The Morgan fingerprint density at radius 1 is 1.33 bits per heavy atom. The zero-order chi connectivity index (χ0) is 14.7. The lowest BCUT2D eigenvalue weighted by Crippen LogP contribution is -2.23. The second-order valence-corrected chi connectivity index (χ2v) is 5.18. The molecule has 0 saturated carbocycles. The van der Waals surface area contributed by atoms with E-state index in [1.54, 1.807) is 5.38 Å². The van der Waals surface area contributed by atoms with E-state index in [-0.39, 0.29) is 5.91 Å². The van der Waals surface area contributed by atoms with Gasteiger partial charge in [0.05, 0.1) is 18.4 Å². The molecule has 21 heavy (non-hydrogen) atoms. The monoisotopic (exact) mass is 300 g/mol. The van der Waals surface area contributed by atoms with Crippen LogP contribution in [0, 0.1) is 0 Å². The highest BCUT2D eigenvalue weighted by Crippen LogP contribution is 2.23. The van der Waals surface area contributed by atoms with Crippen molar-refractivity contribution in [1.82, 2.24) is 15.5 Å². The minimum Gasteiger partial charge on any atom is -0.375 e. The molecule has 0 bridgehead atoms. The van der Waals surface area contributed by atoms with E-state index in [1.807, 2.05) is 30.3 Å². The summed E-state index contributed by atoms with van der Waals surface area (Å²) in [6.45, 7) is 0.311. The molecule has 3 aromatic rings. The molecule has 7 heteroatoms. The molecule has 0 unspecified atom stereocenters. The van der Waals surface area contributed by atoms with Crippen LogP contribution in [0.15, 0.2) is 46.4 Å². The molecule has 0 spiro atoms. The van der Waals surface area contributed by atoms with Crippen molar-refractivity contribution in [2.24, 2.45) is 0 Å². The minimum atomic E-state index is -0.262. The maximum absolute atomic E-state index is 12.2. The Hall–Kier alpha value is -2.67. The Balaban J connectivity index is 1.75. The van der Waals surface area contributed by atoms with E-state index in [4.69, 9.17) is 10.3 Å². The van der Waals surface area contributed by atoms with E-state index < -0.39 is 0 Å². The van der Waals surface area contributed by atoms with E-state index in [2.05, 4.69) is 15.5 Å². The predicted octanol–water partition coefficient (Wildman–Crippen LogP) is 2.31. The van der Waals surface area contributed by atoms with Crippen LogP contribution >= 0.6 is 11.3 Å². The topological polar surface area (TPSA) is 94.0 Å². The Morgan fingerprint density at radius 2 is 2.14 bits per heavy atom. The van der Waals surface area contributed by atoms with Crippen LogP contribution < -0.4 is 11.1 Å². The van der Waals surface area contributed by atoms with E-state index >= 15 is 0 Å². The Labute approximate surface area is 124 Å². The highest BCUT2D eigenvalue weighted by molar-refractivity contribution is 7.13. The SMILES string of the molecule is Nc1nc(CNC(=O)c2cnoc2-c2ccccc2)cs1. The summed E-state index contributed by atoms with van der Waals surface area (Å²) >= 11 is 1.34. The predicted molar refractivity (Wildman–Crippen MR) is 79.6 cm³/mol. The van der Waals surface area contributed by atoms with E-state index in [0.717, 1.165) is 11.3 Å². The first-order valence-electron chi connectivity index (χ1n) is 6.22. The zero-order valence-corrected chi connectivity index (χ0v) is 11.8. The molecule has 0 saturated heterocycles. The van der Waals surface area contributed by atoms with Gasteiger partial charge in [0.25, 0.3) is 5.91 Å². The van der Waals surface area contributed by atoms with Crippen LogP contribution in [0.1, 0.15) is 16.1 Å². The third-order valence-electron chi connectivity index (χ3n) is 2.85. The molecule has 2 aromatic heterocycles. The average Bonchev–Trinajstić information content (AvgIpc) is 3.14. The maximum Gasteiger partial charge on any atom is 0.257 e.